The van der Waals surface area contributed by atoms with Gasteiger partial charge in [0.2, 0.25) is 0 Å². The number of aromatic nitrogens is 2. The third-order valence-corrected chi connectivity index (χ3v) is 7.57. The Morgan fingerprint density at radius 1 is 1.03 bits per heavy atom. The molecule has 0 unspecified atom stereocenters. The van der Waals surface area contributed by atoms with E-state index in [2.05, 4.69) is 41.0 Å². The van der Waals surface area contributed by atoms with E-state index in [1.165, 1.54) is 49.3 Å². The largest absolute Gasteiger partial charge is 0.423 e. The first-order valence-corrected chi connectivity index (χ1v) is 11.3. The van der Waals surface area contributed by atoms with Gasteiger partial charge in [0.05, 0.1) is 11.7 Å². The Morgan fingerprint density at radius 3 is 2.52 bits per heavy atom. The predicted octanol–water partition coefficient (Wildman–Crippen LogP) is 5.91. The van der Waals surface area contributed by atoms with Gasteiger partial charge in [-0.25, -0.2) is 4.79 Å². The third kappa shape index (κ3) is 3.13. The summed E-state index contributed by atoms with van der Waals surface area (Å²) in [6.45, 7) is 3.57. The van der Waals surface area contributed by atoms with Crippen LogP contribution in [0.25, 0.3) is 16.5 Å². The molecule has 1 N–H and O–H groups in total. The second-order valence-electron chi connectivity index (χ2n) is 9.43. The Labute approximate surface area is 182 Å². The Morgan fingerprint density at radius 2 is 1.77 bits per heavy atom. The number of hydrogen-bond acceptors (Lipinski definition) is 3. The number of allylic oxidation sites excluding steroid dienone is 1. The summed E-state index contributed by atoms with van der Waals surface area (Å²) in [6.07, 6.45) is 9.72. The molecule has 1 heterocycles. The number of ether oxygens (including phenoxy) is 1. The highest BCUT2D eigenvalue weighted by Crippen LogP contribution is 2.59. The summed E-state index contributed by atoms with van der Waals surface area (Å²) in [6, 6.07) is 14.5. The highest BCUT2D eigenvalue weighted by molar-refractivity contribution is 5.92. The monoisotopic (exact) mass is 410 g/mol. The molecule has 4 aliphatic rings. The van der Waals surface area contributed by atoms with Gasteiger partial charge in [-0.3, -0.25) is 5.10 Å². The molecule has 4 aliphatic carbocycles. The highest BCUT2D eigenvalue weighted by atomic mass is 16.5. The van der Waals surface area contributed by atoms with Crippen molar-refractivity contribution in [3.05, 3.63) is 78.0 Å². The molecular weight excluding hydrogens is 384 g/mol. The third-order valence-electron chi connectivity index (χ3n) is 7.57. The molecule has 4 nitrogen and oxygen atoms in total. The van der Waals surface area contributed by atoms with Gasteiger partial charge >= 0.3 is 5.97 Å². The molecule has 3 aromatic rings. The Hall–Kier alpha value is -3.14. The van der Waals surface area contributed by atoms with Gasteiger partial charge in [0, 0.05) is 17.0 Å². The minimum absolute atomic E-state index is 0.424. The Bertz CT molecular complexity index is 1190. The number of benzene rings is 2. The summed E-state index contributed by atoms with van der Waals surface area (Å²) in [4.78, 5) is 12.1. The molecule has 0 aliphatic heterocycles. The summed E-state index contributed by atoms with van der Waals surface area (Å²) in [5.74, 6) is 3.22. The first-order valence-electron chi connectivity index (χ1n) is 11.3. The van der Waals surface area contributed by atoms with E-state index in [0.29, 0.717) is 17.6 Å². The van der Waals surface area contributed by atoms with Gasteiger partial charge in [-0.1, -0.05) is 36.4 Å². The molecule has 31 heavy (non-hydrogen) atoms. The van der Waals surface area contributed by atoms with Crippen molar-refractivity contribution in [2.45, 2.75) is 32.1 Å². The smallest absolute Gasteiger partial charge is 0.335 e. The van der Waals surface area contributed by atoms with Gasteiger partial charge in [-0.2, -0.15) is 5.10 Å². The fraction of sp³-hybridized carbons (Fsp3) is 0.333. The Kier molecular flexibility index (Phi) is 4.34. The highest BCUT2D eigenvalue weighted by Gasteiger charge is 2.46. The summed E-state index contributed by atoms with van der Waals surface area (Å²) >= 11 is 0. The number of aromatic amines is 1. The van der Waals surface area contributed by atoms with Crippen molar-refractivity contribution >= 4 is 22.4 Å². The van der Waals surface area contributed by atoms with Crippen molar-refractivity contribution in [3.63, 3.8) is 0 Å². The minimum Gasteiger partial charge on any atom is -0.423 e. The van der Waals surface area contributed by atoms with E-state index in [4.69, 9.17) is 4.74 Å². The van der Waals surface area contributed by atoms with Crippen molar-refractivity contribution in [2.24, 2.45) is 23.7 Å². The van der Waals surface area contributed by atoms with Gasteiger partial charge in [-0.05, 0) is 85.1 Å². The van der Waals surface area contributed by atoms with Crippen LogP contribution in [0.5, 0.6) is 5.75 Å². The van der Waals surface area contributed by atoms with Crippen LogP contribution in [0.1, 0.15) is 43.2 Å². The molecule has 7 rings (SSSR count). The Balaban J connectivity index is 1.58. The van der Waals surface area contributed by atoms with Crippen LogP contribution in [-0.2, 0) is 4.79 Å². The van der Waals surface area contributed by atoms with Gasteiger partial charge in [0.1, 0.15) is 5.75 Å². The number of rotatable bonds is 4. The first kappa shape index (κ1) is 18.6. The number of fused-ring (bicyclic) bond motifs is 1. The van der Waals surface area contributed by atoms with Crippen LogP contribution < -0.4 is 4.74 Å². The van der Waals surface area contributed by atoms with E-state index in [0.717, 1.165) is 28.3 Å². The van der Waals surface area contributed by atoms with E-state index in [1.807, 2.05) is 24.4 Å². The second-order valence-corrected chi connectivity index (χ2v) is 9.43. The molecule has 1 aromatic heterocycles. The lowest BCUT2D eigenvalue weighted by Gasteiger charge is -2.52. The molecule has 4 fully saturated rings. The van der Waals surface area contributed by atoms with Gasteiger partial charge < -0.3 is 4.74 Å². The lowest BCUT2D eigenvalue weighted by molar-refractivity contribution is -0.128. The normalized spacial score (nSPS) is 26.3. The number of esters is 1. The van der Waals surface area contributed by atoms with E-state index in [1.54, 1.807) is 5.57 Å². The average molecular weight is 411 g/mol. The van der Waals surface area contributed by atoms with Gasteiger partial charge in [-0.15, -0.1) is 0 Å². The molecule has 4 saturated carbocycles. The summed E-state index contributed by atoms with van der Waals surface area (Å²) < 4.78 is 5.70. The topological polar surface area (TPSA) is 55.0 Å². The number of carbonyl (C=O) groups excluding carboxylic acids is 1. The van der Waals surface area contributed by atoms with Crippen LogP contribution in [0, 0.1) is 23.7 Å². The van der Waals surface area contributed by atoms with Crippen LogP contribution in [-0.4, -0.2) is 16.2 Å². The maximum Gasteiger partial charge on any atom is 0.335 e. The zero-order chi connectivity index (χ0) is 20.9. The number of nitrogens with zero attached hydrogens (tertiary/aromatic N) is 1. The fourth-order valence-electron chi connectivity index (χ4n) is 6.59. The maximum atomic E-state index is 12.1. The van der Waals surface area contributed by atoms with Crippen molar-refractivity contribution < 1.29 is 9.53 Å². The van der Waals surface area contributed by atoms with Crippen molar-refractivity contribution in [1.29, 1.82) is 0 Å². The summed E-state index contributed by atoms with van der Waals surface area (Å²) in [5.41, 5.74) is 6.05. The van der Waals surface area contributed by atoms with Crippen molar-refractivity contribution in [2.75, 3.05) is 0 Å². The molecule has 0 amide bonds. The number of hydrogen-bond donors (Lipinski definition) is 1. The molecule has 2 aromatic carbocycles. The molecule has 156 valence electrons. The van der Waals surface area contributed by atoms with Gasteiger partial charge in [0.25, 0.3) is 0 Å². The molecular formula is C27H26N2O2. The quantitative estimate of drug-likeness (QED) is 0.330. The predicted molar refractivity (Wildman–Crippen MR) is 121 cm³/mol. The van der Waals surface area contributed by atoms with Crippen LogP contribution >= 0.6 is 0 Å². The number of H-pyrrole nitrogens is 1. The van der Waals surface area contributed by atoms with Crippen LogP contribution in [0.15, 0.2) is 66.9 Å². The standard InChI is InChI=1S/C27H26N2O2/c1-2-25(30)31-24-6-4-3-5-22(24)27(18-7-8-23-21(14-18)15-28-29-23)26-19-10-16-9-17(12-19)13-20(26)11-16/h2-8,14-17,19-20H,1,9-13H2,(H,28,29). The van der Waals surface area contributed by atoms with E-state index < -0.39 is 5.97 Å². The molecule has 0 radical (unpaired) electrons. The van der Waals surface area contributed by atoms with Crippen LogP contribution in [0.2, 0.25) is 0 Å². The maximum absolute atomic E-state index is 12.1. The zero-order valence-electron chi connectivity index (χ0n) is 17.5. The SMILES string of the molecule is C=CC(=O)Oc1ccccc1C(=C1C2CC3CC(C2)CC1C3)c1ccc2[nH]ncc2c1. The van der Waals surface area contributed by atoms with Gasteiger partial charge in [0.15, 0.2) is 0 Å². The molecule has 0 saturated heterocycles. The molecule has 4 heteroatoms. The summed E-state index contributed by atoms with van der Waals surface area (Å²) in [5, 5.41) is 8.36. The lowest BCUT2D eigenvalue weighted by Crippen LogP contribution is -2.40. The fourth-order valence-corrected chi connectivity index (χ4v) is 6.59. The second kappa shape index (κ2) is 7.23. The molecule has 0 spiro atoms. The van der Waals surface area contributed by atoms with E-state index in [-0.39, 0.29) is 0 Å². The number of para-hydroxylation sites is 1. The summed E-state index contributed by atoms with van der Waals surface area (Å²) in [7, 11) is 0. The van der Waals surface area contributed by atoms with Crippen LogP contribution in [0.3, 0.4) is 0 Å². The van der Waals surface area contributed by atoms with E-state index in [9.17, 15) is 4.79 Å². The average Bonchev–Trinajstić information content (AvgIpc) is 3.24. The van der Waals surface area contributed by atoms with Crippen molar-refractivity contribution in [1.82, 2.24) is 10.2 Å². The lowest BCUT2D eigenvalue weighted by atomic mass is 9.53. The number of carbonyl (C=O) groups is 1. The zero-order valence-corrected chi connectivity index (χ0v) is 17.5. The number of nitrogens with one attached hydrogen (secondary N) is 1. The molecule has 4 bridgehead atoms. The minimum atomic E-state index is -0.424. The molecule has 0 atom stereocenters. The van der Waals surface area contributed by atoms with Crippen molar-refractivity contribution in [3.8, 4) is 5.75 Å². The first-order chi connectivity index (χ1) is 15.2. The van der Waals surface area contributed by atoms with Crippen LogP contribution in [0.4, 0.5) is 0 Å². The van der Waals surface area contributed by atoms with E-state index >= 15 is 0 Å².